The number of carbonyl (C=O) groups excluding carboxylic acids is 1. The van der Waals surface area contributed by atoms with Crippen molar-refractivity contribution in [3.05, 3.63) is 78.0 Å². The van der Waals surface area contributed by atoms with Crippen molar-refractivity contribution in [1.29, 1.82) is 0 Å². The van der Waals surface area contributed by atoms with Gasteiger partial charge >= 0.3 is 5.97 Å². The molecule has 4 aromatic rings. The van der Waals surface area contributed by atoms with Crippen molar-refractivity contribution >= 4 is 39.0 Å². The number of anilines is 2. The van der Waals surface area contributed by atoms with Crippen LogP contribution in [0.2, 0.25) is 0 Å². The monoisotopic (exact) mass is 356 g/mol. The SMILES string of the molecule is CCOC(=O)c1cc2c(ccc3ccccc32)c(Nc2ccc(C)cc2)n1. The molecule has 0 unspecified atom stereocenters. The molecule has 0 saturated heterocycles. The summed E-state index contributed by atoms with van der Waals surface area (Å²) < 4.78 is 5.18. The van der Waals surface area contributed by atoms with Gasteiger partial charge in [-0.1, -0.05) is 54.1 Å². The molecule has 0 bridgehead atoms. The standard InChI is InChI=1S/C23H20N2O2/c1-3-27-23(26)21-14-20-18-7-5-4-6-16(18)10-13-19(20)22(25-21)24-17-11-8-15(2)9-12-17/h4-14H,3H2,1-2H3,(H,24,25). The fourth-order valence-corrected chi connectivity index (χ4v) is 3.19. The van der Waals surface area contributed by atoms with E-state index in [0.29, 0.717) is 18.1 Å². The molecule has 4 heteroatoms. The van der Waals surface area contributed by atoms with E-state index in [2.05, 4.69) is 28.5 Å². The number of carbonyl (C=O) groups is 1. The van der Waals surface area contributed by atoms with Gasteiger partial charge in [-0.15, -0.1) is 0 Å². The van der Waals surface area contributed by atoms with Crippen LogP contribution in [0.3, 0.4) is 0 Å². The van der Waals surface area contributed by atoms with E-state index < -0.39 is 5.97 Å². The molecule has 0 saturated carbocycles. The topological polar surface area (TPSA) is 51.2 Å². The molecule has 134 valence electrons. The Bertz CT molecular complexity index is 1130. The molecule has 0 spiro atoms. The van der Waals surface area contributed by atoms with Crippen molar-refractivity contribution in [3.63, 3.8) is 0 Å². The second-order valence-corrected chi connectivity index (χ2v) is 6.45. The summed E-state index contributed by atoms with van der Waals surface area (Å²) in [6.07, 6.45) is 0. The number of aromatic nitrogens is 1. The molecule has 1 heterocycles. The number of nitrogens with zero attached hydrogens (tertiary/aromatic N) is 1. The number of aryl methyl sites for hydroxylation is 1. The van der Waals surface area contributed by atoms with Crippen LogP contribution in [0.25, 0.3) is 21.5 Å². The number of ether oxygens (including phenoxy) is 1. The van der Waals surface area contributed by atoms with Gasteiger partial charge in [0, 0.05) is 11.1 Å². The zero-order valence-electron chi connectivity index (χ0n) is 15.3. The van der Waals surface area contributed by atoms with Gasteiger partial charge in [-0.05, 0) is 48.2 Å². The van der Waals surface area contributed by atoms with Crippen LogP contribution in [-0.4, -0.2) is 17.6 Å². The van der Waals surface area contributed by atoms with Crippen LogP contribution in [0.15, 0.2) is 66.7 Å². The van der Waals surface area contributed by atoms with E-state index in [1.165, 1.54) is 5.56 Å². The Balaban J connectivity index is 1.93. The molecular formula is C23H20N2O2. The summed E-state index contributed by atoms with van der Waals surface area (Å²) in [6.45, 7) is 4.15. The van der Waals surface area contributed by atoms with Crippen LogP contribution in [0.5, 0.6) is 0 Å². The summed E-state index contributed by atoms with van der Waals surface area (Å²) >= 11 is 0. The van der Waals surface area contributed by atoms with Gasteiger partial charge in [-0.25, -0.2) is 9.78 Å². The van der Waals surface area contributed by atoms with E-state index in [1.807, 2.05) is 55.5 Å². The molecule has 0 aliphatic rings. The molecule has 4 rings (SSSR count). The first-order valence-corrected chi connectivity index (χ1v) is 8.99. The highest BCUT2D eigenvalue weighted by molar-refractivity contribution is 6.12. The average Bonchev–Trinajstić information content (AvgIpc) is 2.69. The van der Waals surface area contributed by atoms with E-state index in [-0.39, 0.29) is 0 Å². The third kappa shape index (κ3) is 3.34. The number of esters is 1. The molecule has 1 N–H and O–H groups in total. The van der Waals surface area contributed by atoms with Crippen LogP contribution in [0.4, 0.5) is 11.5 Å². The lowest BCUT2D eigenvalue weighted by Gasteiger charge is -2.13. The smallest absolute Gasteiger partial charge is 0.357 e. The maximum atomic E-state index is 12.4. The summed E-state index contributed by atoms with van der Waals surface area (Å²) in [5.41, 5.74) is 2.41. The fraction of sp³-hybridized carbons (Fsp3) is 0.130. The Kier molecular flexibility index (Phi) is 4.47. The van der Waals surface area contributed by atoms with E-state index in [9.17, 15) is 4.79 Å². The number of hydrogen-bond acceptors (Lipinski definition) is 4. The van der Waals surface area contributed by atoms with Crippen molar-refractivity contribution in [2.24, 2.45) is 0 Å². The number of benzene rings is 3. The van der Waals surface area contributed by atoms with Crippen molar-refractivity contribution in [2.45, 2.75) is 13.8 Å². The minimum absolute atomic E-state index is 0.301. The van der Waals surface area contributed by atoms with Gasteiger partial charge in [0.1, 0.15) is 5.82 Å². The van der Waals surface area contributed by atoms with Crippen LogP contribution < -0.4 is 5.32 Å². The van der Waals surface area contributed by atoms with Crippen molar-refractivity contribution in [1.82, 2.24) is 4.98 Å². The average molecular weight is 356 g/mol. The summed E-state index contributed by atoms with van der Waals surface area (Å²) in [6, 6.07) is 22.1. The molecule has 4 nitrogen and oxygen atoms in total. The lowest BCUT2D eigenvalue weighted by Crippen LogP contribution is -2.09. The van der Waals surface area contributed by atoms with Gasteiger partial charge in [0.2, 0.25) is 0 Å². The van der Waals surface area contributed by atoms with Crippen molar-refractivity contribution in [2.75, 3.05) is 11.9 Å². The van der Waals surface area contributed by atoms with Gasteiger partial charge in [0.05, 0.1) is 6.61 Å². The normalized spacial score (nSPS) is 10.9. The Morgan fingerprint density at radius 2 is 1.74 bits per heavy atom. The summed E-state index contributed by atoms with van der Waals surface area (Å²) in [4.78, 5) is 16.9. The number of nitrogens with one attached hydrogen (secondary N) is 1. The molecule has 0 radical (unpaired) electrons. The van der Waals surface area contributed by atoms with Crippen LogP contribution >= 0.6 is 0 Å². The minimum Gasteiger partial charge on any atom is -0.461 e. The number of fused-ring (bicyclic) bond motifs is 3. The van der Waals surface area contributed by atoms with Gasteiger partial charge in [0.25, 0.3) is 0 Å². The number of hydrogen-bond donors (Lipinski definition) is 1. The fourth-order valence-electron chi connectivity index (χ4n) is 3.19. The predicted octanol–water partition coefficient (Wildman–Crippen LogP) is 5.62. The van der Waals surface area contributed by atoms with Crippen LogP contribution in [0, 0.1) is 6.92 Å². The molecule has 0 amide bonds. The molecule has 0 aliphatic heterocycles. The Labute approximate surface area is 157 Å². The Morgan fingerprint density at radius 1 is 0.963 bits per heavy atom. The first-order valence-electron chi connectivity index (χ1n) is 8.99. The lowest BCUT2D eigenvalue weighted by molar-refractivity contribution is 0.0520. The van der Waals surface area contributed by atoms with Gasteiger partial charge < -0.3 is 10.1 Å². The summed E-state index contributed by atoms with van der Waals surface area (Å²) in [7, 11) is 0. The highest BCUT2D eigenvalue weighted by atomic mass is 16.5. The van der Waals surface area contributed by atoms with E-state index in [1.54, 1.807) is 6.92 Å². The Morgan fingerprint density at radius 3 is 2.52 bits per heavy atom. The van der Waals surface area contributed by atoms with Gasteiger partial charge in [-0.2, -0.15) is 0 Å². The summed E-state index contributed by atoms with van der Waals surface area (Å²) in [5, 5.41) is 7.49. The maximum absolute atomic E-state index is 12.4. The first kappa shape index (κ1) is 17.0. The second kappa shape index (κ2) is 7.08. The molecule has 3 aromatic carbocycles. The molecule has 0 aliphatic carbocycles. The zero-order valence-corrected chi connectivity index (χ0v) is 15.3. The molecular weight excluding hydrogens is 336 g/mol. The number of pyridine rings is 1. The number of rotatable bonds is 4. The van der Waals surface area contributed by atoms with E-state index in [0.717, 1.165) is 27.2 Å². The largest absolute Gasteiger partial charge is 0.461 e. The van der Waals surface area contributed by atoms with E-state index >= 15 is 0 Å². The first-order chi connectivity index (χ1) is 13.2. The third-order valence-corrected chi connectivity index (χ3v) is 4.54. The quantitative estimate of drug-likeness (QED) is 0.381. The van der Waals surface area contributed by atoms with Gasteiger partial charge in [-0.3, -0.25) is 0 Å². The zero-order chi connectivity index (χ0) is 18.8. The van der Waals surface area contributed by atoms with Crippen LogP contribution in [0.1, 0.15) is 23.0 Å². The lowest BCUT2D eigenvalue weighted by atomic mass is 10.0. The molecule has 27 heavy (non-hydrogen) atoms. The predicted molar refractivity (Wildman–Crippen MR) is 110 cm³/mol. The van der Waals surface area contributed by atoms with Crippen molar-refractivity contribution in [3.8, 4) is 0 Å². The Hall–Kier alpha value is -3.40. The highest BCUT2D eigenvalue weighted by Gasteiger charge is 2.15. The molecule has 0 atom stereocenters. The highest BCUT2D eigenvalue weighted by Crippen LogP contribution is 2.31. The molecule has 1 aromatic heterocycles. The van der Waals surface area contributed by atoms with Crippen LogP contribution in [-0.2, 0) is 4.74 Å². The minimum atomic E-state index is -0.417. The third-order valence-electron chi connectivity index (χ3n) is 4.54. The summed E-state index contributed by atoms with van der Waals surface area (Å²) in [5.74, 6) is 0.226. The maximum Gasteiger partial charge on any atom is 0.357 e. The van der Waals surface area contributed by atoms with Crippen molar-refractivity contribution < 1.29 is 9.53 Å². The molecule has 0 fully saturated rings. The second-order valence-electron chi connectivity index (χ2n) is 6.45. The van der Waals surface area contributed by atoms with Gasteiger partial charge in [0.15, 0.2) is 5.69 Å². The van der Waals surface area contributed by atoms with E-state index in [4.69, 9.17) is 4.74 Å².